The van der Waals surface area contributed by atoms with Gasteiger partial charge in [0.15, 0.2) is 0 Å². The molecule has 0 saturated carbocycles. The van der Waals surface area contributed by atoms with E-state index in [0.717, 1.165) is 12.8 Å². The van der Waals surface area contributed by atoms with E-state index in [4.69, 9.17) is 6.58 Å². The lowest BCUT2D eigenvalue weighted by Crippen LogP contribution is -1.86. The zero-order chi connectivity index (χ0) is 8.10. The van der Waals surface area contributed by atoms with Crippen molar-refractivity contribution in [2.75, 3.05) is 0 Å². The van der Waals surface area contributed by atoms with E-state index >= 15 is 0 Å². The third-order valence-electron chi connectivity index (χ3n) is 1.84. The van der Waals surface area contributed by atoms with Crippen molar-refractivity contribution in [1.29, 1.82) is 0 Å². The molecule has 57 valence electrons. The third kappa shape index (κ3) is 2.23. The Kier molecular flexibility index (Phi) is 2.91. The van der Waals surface area contributed by atoms with Crippen LogP contribution in [0.5, 0.6) is 0 Å². The highest BCUT2D eigenvalue weighted by Crippen LogP contribution is 2.08. The minimum Gasteiger partial charge on any atom is -0.0842 e. The molecule has 0 heterocycles. The average Bonchev–Trinajstić information content (AvgIpc) is 2.03. The lowest BCUT2D eigenvalue weighted by molar-refractivity contribution is 0.988. The van der Waals surface area contributed by atoms with Crippen LogP contribution < -0.4 is 0 Å². The topological polar surface area (TPSA) is 0 Å². The second-order valence-corrected chi connectivity index (χ2v) is 2.70. The Bertz CT molecular complexity index is 236. The molecule has 0 amide bonds. The Labute approximate surface area is 68.6 Å². The number of hydrogen-bond donors (Lipinski definition) is 0. The van der Waals surface area contributed by atoms with Crippen molar-refractivity contribution in [2.45, 2.75) is 19.8 Å². The zero-order valence-electron chi connectivity index (χ0n) is 6.88. The molecule has 1 aromatic rings. The Balaban J connectivity index is 2.69. The largest absolute Gasteiger partial charge is 0.0842 e. The molecule has 1 radical (unpaired) electrons. The van der Waals surface area contributed by atoms with Crippen molar-refractivity contribution in [2.24, 2.45) is 0 Å². The maximum absolute atomic E-state index is 5.30. The molecule has 0 aliphatic heterocycles. The fourth-order valence-electron chi connectivity index (χ4n) is 1.13. The van der Waals surface area contributed by atoms with E-state index in [-0.39, 0.29) is 0 Å². The molecule has 1 aromatic carbocycles. The molecule has 0 fully saturated rings. The molecule has 0 aliphatic rings. The van der Waals surface area contributed by atoms with Gasteiger partial charge in [0, 0.05) is 0 Å². The van der Waals surface area contributed by atoms with Gasteiger partial charge in [0.25, 0.3) is 0 Å². The minimum absolute atomic E-state index is 0.963. The maximum Gasteiger partial charge on any atom is -0.0241 e. The highest BCUT2D eigenvalue weighted by Gasteiger charge is 1.93. The molecule has 0 spiro atoms. The van der Waals surface area contributed by atoms with Crippen molar-refractivity contribution >= 4 is 0 Å². The van der Waals surface area contributed by atoms with Crippen LogP contribution in [0.25, 0.3) is 0 Å². The van der Waals surface area contributed by atoms with Gasteiger partial charge in [-0.1, -0.05) is 36.9 Å². The van der Waals surface area contributed by atoms with Gasteiger partial charge in [0.1, 0.15) is 0 Å². The van der Waals surface area contributed by atoms with E-state index in [0.29, 0.717) is 0 Å². The van der Waals surface area contributed by atoms with E-state index in [2.05, 4.69) is 31.2 Å². The monoisotopic (exact) mass is 145 g/mol. The third-order valence-corrected chi connectivity index (χ3v) is 1.84. The van der Waals surface area contributed by atoms with Gasteiger partial charge in [-0.2, -0.15) is 0 Å². The fourth-order valence-corrected chi connectivity index (χ4v) is 1.13. The maximum atomic E-state index is 5.30. The molecule has 0 aliphatic carbocycles. The van der Waals surface area contributed by atoms with Crippen molar-refractivity contribution < 1.29 is 0 Å². The van der Waals surface area contributed by atoms with Gasteiger partial charge in [-0.3, -0.25) is 0 Å². The smallest absolute Gasteiger partial charge is 0.0241 e. The summed E-state index contributed by atoms with van der Waals surface area (Å²) in [4.78, 5) is 0. The van der Waals surface area contributed by atoms with E-state index in [1.807, 2.05) is 0 Å². The predicted molar refractivity (Wildman–Crippen MR) is 48.4 cm³/mol. The molecule has 1 rings (SSSR count). The quantitative estimate of drug-likeness (QED) is 0.613. The van der Waals surface area contributed by atoms with Gasteiger partial charge < -0.3 is 0 Å². The summed E-state index contributed by atoms with van der Waals surface area (Å²) in [5, 5.41) is 0. The zero-order valence-corrected chi connectivity index (χ0v) is 6.88. The first-order chi connectivity index (χ1) is 5.34. The van der Waals surface area contributed by atoms with E-state index in [1.165, 1.54) is 11.1 Å². The van der Waals surface area contributed by atoms with Crippen molar-refractivity contribution in [3.8, 4) is 0 Å². The highest BCUT2D eigenvalue weighted by atomic mass is 14.0. The average molecular weight is 145 g/mol. The Morgan fingerprint density at radius 1 is 1.36 bits per heavy atom. The number of benzene rings is 1. The number of hydrogen-bond acceptors (Lipinski definition) is 0. The van der Waals surface area contributed by atoms with E-state index in [1.54, 1.807) is 6.08 Å². The molecular formula is C11H13. The summed E-state index contributed by atoms with van der Waals surface area (Å²) in [5.74, 6) is 0. The SMILES string of the molecule is [CH]=CCCc1ccccc1C. The summed E-state index contributed by atoms with van der Waals surface area (Å²) >= 11 is 0. The van der Waals surface area contributed by atoms with Crippen LogP contribution in [0.15, 0.2) is 30.3 Å². The van der Waals surface area contributed by atoms with Crippen LogP contribution in [-0.4, -0.2) is 0 Å². The summed E-state index contributed by atoms with van der Waals surface area (Å²) in [5.41, 5.74) is 2.75. The Hall–Kier alpha value is -1.04. The van der Waals surface area contributed by atoms with E-state index < -0.39 is 0 Å². The summed E-state index contributed by atoms with van der Waals surface area (Å²) in [6, 6.07) is 8.41. The van der Waals surface area contributed by atoms with Crippen molar-refractivity contribution in [1.82, 2.24) is 0 Å². The summed E-state index contributed by atoms with van der Waals surface area (Å²) in [7, 11) is 0. The second kappa shape index (κ2) is 3.97. The summed E-state index contributed by atoms with van der Waals surface area (Å²) < 4.78 is 0. The van der Waals surface area contributed by atoms with Gasteiger partial charge in [-0.15, -0.1) is 0 Å². The van der Waals surface area contributed by atoms with E-state index in [9.17, 15) is 0 Å². The van der Waals surface area contributed by atoms with Crippen LogP contribution in [-0.2, 0) is 6.42 Å². The van der Waals surface area contributed by atoms with Crippen LogP contribution >= 0.6 is 0 Å². The van der Waals surface area contributed by atoms with Gasteiger partial charge in [0.05, 0.1) is 0 Å². The standard InChI is InChI=1S/C11H13/c1-3-4-8-11-9-6-5-7-10(11)2/h1,3,5-7,9H,4,8H2,2H3. The van der Waals surface area contributed by atoms with Crippen LogP contribution in [0.3, 0.4) is 0 Å². The van der Waals surface area contributed by atoms with Crippen LogP contribution in [0, 0.1) is 13.5 Å². The molecule has 0 nitrogen and oxygen atoms in total. The highest BCUT2D eigenvalue weighted by molar-refractivity contribution is 5.25. The first-order valence-corrected chi connectivity index (χ1v) is 3.92. The molecule has 0 atom stereocenters. The molecule has 0 aromatic heterocycles. The first-order valence-electron chi connectivity index (χ1n) is 3.92. The second-order valence-electron chi connectivity index (χ2n) is 2.70. The van der Waals surface area contributed by atoms with Crippen LogP contribution in [0.4, 0.5) is 0 Å². The minimum atomic E-state index is 0.963. The van der Waals surface area contributed by atoms with Crippen molar-refractivity contribution in [3.05, 3.63) is 48.0 Å². The normalized spacial score (nSPS) is 9.55. The lowest BCUT2D eigenvalue weighted by Gasteiger charge is -2.01. The lowest BCUT2D eigenvalue weighted by atomic mass is 10.0. The van der Waals surface area contributed by atoms with Gasteiger partial charge in [-0.25, -0.2) is 0 Å². The molecule has 0 heteroatoms. The Morgan fingerprint density at radius 3 is 2.73 bits per heavy atom. The fraction of sp³-hybridized carbons (Fsp3) is 0.273. The van der Waals surface area contributed by atoms with Crippen molar-refractivity contribution in [3.63, 3.8) is 0 Å². The van der Waals surface area contributed by atoms with Gasteiger partial charge >= 0.3 is 0 Å². The molecule has 0 bridgehead atoms. The predicted octanol–water partition coefficient (Wildman–Crippen LogP) is 2.92. The Morgan fingerprint density at radius 2 is 2.09 bits per heavy atom. The van der Waals surface area contributed by atoms with Crippen LogP contribution in [0.2, 0.25) is 0 Å². The van der Waals surface area contributed by atoms with Gasteiger partial charge in [0.2, 0.25) is 0 Å². The summed E-state index contributed by atoms with van der Waals surface area (Å²) in [6.45, 7) is 7.43. The molecule has 0 N–H and O–H groups in total. The number of allylic oxidation sites excluding steroid dienone is 1. The van der Waals surface area contributed by atoms with Gasteiger partial charge in [-0.05, 0) is 30.9 Å². The number of aryl methyl sites for hydroxylation is 2. The molecule has 0 unspecified atom stereocenters. The summed E-state index contributed by atoms with van der Waals surface area (Å²) in [6.07, 6.45) is 3.74. The molecule has 0 saturated heterocycles. The van der Waals surface area contributed by atoms with Crippen LogP contribution in [0.1, 0.15) is 17.5 Å². The molecule has 11 heavy (non-hydrogen) atoms. The molecular weight excluding hydrogens is 132 g/mol. The number of rotatable bonds is 3. The first kappa shape index (κ1) is 8.06.